The van der Waals surface area contributed by atoms with Gasteiger partial charge in [0.25, 0.3) is 0 Å². The van der Waals surface area contributed by atoms with Crippen LogP contribution in [0.3, 0.4) is 0 Å². The SMILES string of the molecule is O=C(O)CCN1CCCC(NS(=O)(=O)c2cccc3ccccc23)C1. The molecular weight excluding hydrogens is 340 g/mol. The van der Waals surface area contributed by atoms with Gasteiger partial charge in [0.2, 0.25) is 10.0 Å². The van der Waals surface area contributed by atoms with Crippen LogP contribution in [0.2, 0.25) is 0 Å². The van der Waals surface area contributed by atoms with Gasteiger partial charge < -0.3 is 10.0 Å². The van der Waals surface area contributed by atoms with Crippen molar-refractivity contribution in [3.05, 3.63) is 42.5 Å². The summed E-state index contributed by atoms with van der Waals surface area (Å²) in [6.45, 7) is 1.79. The number of piperidine rings is 1. The third-order valence-corrected chi connectivity index (χ3v) is 6.09. The van der Waals surface area contributed by atoms with Gasteiger partial charge in [-0.1, -0.05) is 36.4 Å². The summed E-state index contributed by atoms with van der Waals surface area (Å²) in [5, 5.41) is 10.4. The molecule has 25 heavy (non-hydrogen) atoms. The second kappa shape index (κ2) is 7.51. The number of fused-ring (bicyclic) bond motifs is 1. The molecule has 0 aromatic heterocycles. The molecule has 0 bridgehead atoms. The molecule has 1 atom stereocenters. The summed E-state index contributed by atoms with van der Waals surface area (Å²) in [4.78, 5) is 13.0. The van der Waals surface area contributed by atoms with E-state index in [1.165, 1.54) is 0 Å². The van der Waals surface area contributed by atoms with Gasteiger partial charge >= 0.3 is 5.97 Å². The maximum Gasteiger partial charge on any atom is 0.304 e. The molecule has 0 radical (unpaired) electrons. The minimum absolute atomic E-state index is 0.0722. The van der Waals surface area contributed by atoms with Crippen molar-refractivity contribution in [1.82, 2.24) is 9.62 Å². The lowest BCUT2D eigenvalue weighted by molar-refractivity contribution is -0.137. The van der Waals surface area contributed by atoms with Gasteiger partial charge in [-0.15, -0.1) is 0 Å². The van der Waals surface area contributed by atoms with Gasteiger partial charge in [-0.25, -0.2) is 13.1 Å². The normalized spacial score (nSPS) is 19.1. The molecule has 0 aliphatic carbocycles. The van der Waals surface area contributed by atoms with E-state index in [1.807, 2.05) is 35.2 Å². The Morgan fingerprint density at radius 3 is 2.76 bits per heavy atom. The maximum absolute atomic E-state index is 12.9. The molecule has 1 aliphatic heterocycles. The number of likely N-dealkylation sites (tertiary alicyclic amines) is 1. The molecule has 2 N–H and O–H groups in total. The highest BCUT2D eigenvalue weighted by Crippen LogP contribution is 2.23. The Morgan fingerprint density at radius 2 is 1.96 bits per heavy atom. The van der Waals surface area contributed by atoms with Crippen molar-refractivity contribution in [3.63, 3.8) is 0 Å². The summed E-state index contributed by atoms with van der Waals surface area (Å²) in [5.74, 6) is -0.835. The Kier molecular flexibility index (Phi) is 5.36. The Hall–Kier alpha value is -1.96. The third-order valence-electron chi connectivity index (χ3n) is 4.51. The van der Waals surface area contributed by atoms with E-state index in [4.69, 9.17) is 5.11 Å². The standard InChI is InChI=1S/C18H22N2O4S/c21-18(22)10-12-20-11-4-7-15(13-20)19-25(23,24)17-9-3-6-14-5-1-2-8-16(14)17/h1-3,5-6,8-9,15,19H,4,7,10-13H2,(H,21,22). The maximum atomic E-state index is 12.9. The topological polar surface area (TPSA) is 86.7 Å². The van der Waals surface area contributed by atoms with Gasteiger partial charge in [0.1, 0.15) is 0 Å². The zero-order chi connectivity index (χ0) is 17.9. The van der Waals surface area contributed by atoms with Crippen molar-refractivity contribution in [3.8, 4) is 0 Å². The highest BCUT2D eigenvalue weighted by atomic mass is 32.2. The molecular formula is C18H22N2O4S. The van der Waals surface area contributed by atoms with E-state index in [-0.39, 0.29) is 17.4 Å². The van der Waals surface area contributed by atoms with E-state index in [9.17, 15) is 13.2 Å². The molecule has 2 aromatic rings. The number of sulfonamides is 1. The average molecular weight is 362 g/mol. The minimum atomic E-state index is -3.63. The summed E-state index contributed by atoms with van der Waals surface area (Å²) in [6, 6.07) is 12.5. The van der Waals surface area contributed by atoms with Crippen LogP contribution >= 0.6 is 0 Å². The lowest BCUT2D eigenvalue weighted by Gasteiger charge is -2.32. The molecule has 6 nitrogen and oxygen atoms in total. The first-order valence-corrected chi connectivity index (χ1v) is 9.88. The van der Waals surface area contributed by atoms with Crippen LogP contribution in [0.4, 0.5) is 0 Å². The lowest BCUT2D eigenvalue weighted by Crippen LogP contribution is -2.48. The van der Waals surface area contributed by atoms with Crippen molar-refractivity contribution in [2.24, 2.45) is 0 Å². The van der Waals surface area contributed by atoms with Gasteiger partial charge in [0.15, 0.2) is 0 Å². The summed E-state index contributed by atoms with van der Waals surface area (Å²) in [6.07, 6.45) is 1.68. The first-order valence-electron chi connectivity index (χ1n) is 8.40. The fourth-order valence-electron chi connectivity index (χ4n) is 3.32. The van der Waals surface area contributed by atoms with Crippen LogP contribution in [0, 0.1) is 0 Å². The zero-order valence-corrected chi connectivity index (χ0v) is 14.7. The van der Waals surface area contributed by atoms with Crippen LogP contribution in [0.1, 0.15) is 19.3 Å². The molecule has 134 valence electrons. The quantitative estimate of drug-likeness (QED) is 0.821. The molecule has 3 rings (SSSR count). The summed E-state index contributed by atoms with van der Waals surface area (Å²) in [7, 11) is -3.63. The summed E-state index contributed by atoms with van der Waals surface area (Å²) in [5.41, 5.74) is 0. The van der Waals surface area contributed by atoms with E-state index in [0.717, 1.165) is 24.8 Å². The minimum Gasteiger partial charge on any atom is -0.481 e. The predicted octanol–water partition coefficient (Wildman–Crippen LogP) is 2.06. The van der Waals surface area contributed by atoms with E-state index >= 15 is 0 Å². The van der Waals surface area contributed by atoms with Crippen LogP contribution in [0.25, 0.3) is 10.8 Å². The van der Waals surface area contributed by atoms with Crippen LogP contribution in [-0.4, -0.2) is 50.1 Å². The van der Waals surface area contributed by atoms with Crippen molar-refractivity contribution >= 4 is 26.8 Å². The molecule has 0 saturated carbocycles. The van der Waals surface area contributed by atoms with Crippen molar-refractivity contribution in [2.45, 2.75) is 30.2 Å². The Bertz CT molecular complexity index is 861. The predicted molar refractivity (Wildman–Crippen MR) is 96.0 cm³/mol. The van der Waals surface area contributed by atoms with E-state index in [0.29, 0.717) is 18.5 Å². The summed E-state index contributed by atoms with van der Waals surface area (Å²) < 4.78 is 28.5. The molecule has 1 heterocycles. The van der Waals surface area contributed by atoms with Crippen molar-refractivity contribution < 1.29 is 18.3 Å². The van der Waals surface area contributed by atoms with E-state index in [2.05, 4.69) is 4.72 Å². The second-order valence-corrected chi connectivity index (χ2v) is 8.06. The highest BCUT2D eigenvalue weighted by Gasteiger charge is 2.26. The molecule has 0 amide bonds. The lowest BCUT2D eigenvalue weighted by atomic mass is 10.1. The largest absolute Gasteiger partial charge is 0.481 e. The molecule has 1 fully saturated rings. The van der Waals surface area contributed by atoms with E-state index in [1.54, 1.807) is 12.1 Å². The number of carboxylic acids is 1. The number of carbonyl (C=O) groups is 1. The number of benzene rings is 2. The fraction of sp³-hybridized carbons (Fsp3) is 0.389. The Balaban J connectivity index is 1.75. The molecule has 1 saturated heterocycles. The smallest absolute Gasteiger partial charge is 0.304 e. The van der Waals surface area contributed by atoms with Crippen molar-refractivity contribution in [1.29, 1.82) is 0 Å². The molecule has 0 spiro atoms. The second-order valence-electron chi connectivity index (χ2n) is 6.38. The van der Waals surface area contributed by atoms with Gasteiger partial charge in [0, 0.05) is 24.5 Å². The molecule has 7 heteroatoms. The number of aliphatic carboxylic acids is 1. The highest BCUT2D eigenvalue weighted by molar-refractivity contribution is 7.89. The number of hydrogen-bond donors (Lipinski definition) is 2. The number of nitrogens with one attached hydrogen (secondary N) is 1. The Morgan fingerprint density at radius 1 is 1.20 bits per heavy atom. The van der Waals surface area contributed by atoms with Crippen molar-refractivity contribution in [2.75, 3.05) is 19.6 Å². The monoisotopic (exact) mass is 362 g/mol. The molecule has 2 aromatic carbocycles. The first kappa shape index (κ1) is 17.8. The zero-order valence-electron chi connectivity index (χ0n) is 13.9. The fourth-order valence-corrected chi connectivity index (χ4v) is 4.81. The number of nitrogens with zero attached hydrogens (tertiary/aromatic N) is 1. The number of rotatable bonds is 6. The van der Waals surface area contributed by atoms with Gasteiger partial charge in [0.05, 0.1) is 11.3 Å². The summed E-state index contributed by atoms with van der Waals surface area (Å²) >= 11 is 0. The Labute approximate surface area is 147 Å². The van der Waals surface area contributed by atoms with Gasteiger partial charge in [-0.05, 0) is 30.8 Å². The van der Waals surface area contributed by atoms with Gasteiger partial charge in [-0.3, -0.25) is 4.79 Å². The molecule has 1 aliphatic rings. The van der Waals surface area contributed by atoms with Crippen LogP contribution in [0.5, 0.6) is 0 Å². The van der Waals surface area contributed by atoms with Crippen LogP contribution < -0.4 is 4.72 Å². The van der Waals surface area contributed by atoms with Crippen LogP contribution in [0.15, 0.2) is 47.4 Å². The average Bonchev–Trinajstić information content (AvgIpc) is 2.59. The number of carboxylic acid groups (broad SMARTS) is 1. The van der Waals surface area contributed by atoms with Gasteiger partial charge in [-0.2, -0.15) is 0 Å². The third kappa shape index (κ3) is 4.36. The first-order chi connectivity index (χ1) is 12.0. The van der Waals surface area contributed by atoms with Crippen LogP contribution in [-0.2, 0) is 14.8 Å². The molecule has 1 unspecified atom stereocenters. The number of hydrogen-bond acceptors (Lipinski definition) is 4. The van der Waals surface area contributed by atoms with E-state index < -0.39 is 16.0 Å².